The lowest BCUT2D eigenvalue weighted by Gasteiger charge is -2.35. The predicted octanol–water partition coefficient (Wildman–Crippen LogP) is 3.19. The second kappa shape index (κ2) is 9.48. The Hall–Kier alpha value is -2.70. The Morgan fingerprint density at radius 3 is 2.29 bits per heavy atom. The van der Waals surface area contributed by atoms with Gasteiger partial charge >= 0.3 is 6.09 Å². The molecule has 0 aliphatic carbocycles. The smallest absolute Gasteiger partial charge is 0.410 e. The van der Waals surface area contributed by atoms with Crippen LogP contribution < -0.4 is 9.47 Å². The number of benzene rings is 1. The van der Waals surface area contributed by atoms with E-state index in [-0.39, 0.29) is 18.6 Å². The first-order valence-electron chi connectivity index (χ1n) is 9.42. The molecule has 7 heteroatoms. The molecule has 0 atom stereocenters. The summed E-state index contributed by atoms with van der Waals surface area (Å²) in [5.74, 6) is 0.984. The molecule has 154 valence electrons. The van der Waals surface area contributed by atoms with Gasteiger partial charge in [0.1, 0.15) is 5.60 Å². The fourth-order valence-corrected chi connectivity index (χ4v) is 2.80. The fourth-order valence-electron chi connectivity index (χ4n) is 2.80. The van der Waals surface area contributed by atoms with Crippen LogP contribution in [0.1, 0.15) is 33.3 Å². The lowest BCUT2D eigenvalue weighted by molar-refractivity contribution is -0.135. The van der Waals surface area contributed by atoms with Crippen molar-refractivity contribution < 1.29 is 23.8 Å². The third-order valence-corrected chi connectivity index (χ3v) is 4.18. The van der Waals surface area contributed by atoms with Crippen LogP contribution in [0.15, 0.2) is 24.3 Å². The Balaban J connectivity index is 1.86. The molecule has 1 aliphatic heterocycles. The third kappa shape index (κ3) is 6.18. The molecule has 1 aromatic carbocycles. The van der Waals surface area contributed by atoms with Crippen LogP contribution in [0.3, 0.4) is 0 Å². The van der Waals surface area contributed by atoms with Gasteiger partial charge in [0.25, 0.3) is 5.91 Å². The maximum absolute atomic E-state index is 12.5. The average molecular weight is 390 g/mol. The van der Waals surface area contributed by atoms with Crippen LogP contribution in [0, 0.1) is 0 Å². The van der Waals surface area contributed by atoms with Gasteiger partial charge in [-0.15, -0.1) is 0 Å². The Kier molecular flexibility index (Phi) is 7.31. The van der Waals surface area contributed by atoms with Gasteiger partial charge in [-0.2, -0.15) is 0 Å². The van der Waals surface area contributed by atoms with E-state index in [1.807, 2.05) is 52.0 Å². The van der Waals surface area contributed by atoms with Crippen molar-refractivity contribution in [1.29, 1.82) is 0 Å². The van der Waals surface area contributed by atoms with Gasteiger partial charge in [0.15, 0.2) is 18.1 Å². The molecular formula is C21H30N2O5. The van der Waals surface area contributed by atoms with Gasteiger partial charge in [0.2, 0.25) is 0 Å². The van der Waals surface area contributed by atoms with Crippen molar-refractivity contribution in [3.05, 3.63) is 29.8 Å². The summed E-state index contributed by atoms with van der Waals surface area (Å²) in [5, 5.41) is 0. The van der Waals surface area contributed by atoms with Crippen molar-refractivity contribution in [1.82, 2.24) is 9.80 Å². The molecule has 0 spiro atoms. The summed E-state index contributed by atoms with van der Waals surface area (Å²) >= 11 is 0. The zero-order valence-corrected chi connectivity index (χ0v) is 17.4. The summed E-state index contributed by atoms with van der Waals surface area (Å²) in [5.41, 5.74) is 0.468. The summed E-state index contributed by atoms with van der Waals surface area (Å²) in [7, 11) is 1.57. The number of hydrogen-bond donors (Lipinski definition) is 0. The minimum atomic E-state index is -0.528. The highest BCUT2D eigenvalue weighted by Gasteiger charge is 2.27. The zero-order valence-electron chi connectivity index (χ0n) is 17.4. The SMILES string of the molecule is C/C=C/c1ccc(OCC(=O)N2CCN(C(=O)OC(C)(C)C)CC2)c(OC)c1. The molecule has 1 saturated heterocycles. The van der Waals surface area contributed by atoms with Crippen LogP contribution in [-0.2, 0) is 9.53 Å². The molecule has 0 N–H and O–H groups in total. The second-order valence-corrected chi connectivity index (χ2v) is 7.55. The van der Waals surface area contributed by atoms with Crippen molar-refractivity contribution in [2.75, 3.05) is 39.9 Å². The monoisotopic (exact) mass is 390 g/mol. The normalized spacial score (nSPS) is 14.9. The Bertz CT molecular complexity index is 716. The largest absolute Gasteiger partial charge is 0.493 e. The summed E-state index contributed by atoms with van der Waals surface area (Å²) in [4.78, 5) is 27.9. The molecular weight excluding hydrogens is 360 g/mol. The first-order valence-corrected chi connectivity index (χ1v) is 9.42. The second-order valence-electron chi connectivity index (χ2n) is 7.55. The molecule has 1 fully saturated rings. The summed E-state index contributed by atoms with van der Waals surface area (Å²) < 4.78 is 16.4. The van der Waals surface area contributed by atoms with Gasteiger partial charge in [-0.05, 0) is 45.4 Å². The quantitative estimate of drug-likeness (QED) is 0.772. The van der Waals surface area contributed by atoms with E-state index in [9.17, 15) is 9.59 Å². The number of nitrogens with zero attached hydrogens (tertiary/aromatic N) is 2. The van der Waals surface area contributed by atoms with Gasteiger partial charge in [-0.25, -0.2) is 4.79 Å². The first-order chi connectivity index (χ1) is 13.2. The molecule has 0 radical (unpaired) electrons. The number of rotatable bonds is 5. The van der Waals surface area contributed by atoms with Gasteiger partial charge < -0.3 is 24.0 Å². The molecule has 7 nitrogen and oxygen atoms in total. The maximum Gasteiger partial charge on any atom is 0.410 e. The van der Waals surface area contributed by atoms with Crippen molar-refractivity contribution in [3.63, 3.8) is 0 Å². The molecule has 1 aliphatic rings. The van der Waals surface area contributed by atoms with Crippen LogP contribution >= 0.6 is 0 Å². The highest BCUT2D eigenvalue weighted by Crippen LogP contribution is 2.28. The van der Waals surface area contributed by atoms with Crippen LogP contribution in [0.5, 0.6) is 11.5 Å². The number of piperazine rings is 1. The van der Waals surface area contributed by atoms with Crippen molar-refractivity contribution >= 4 is 18.1 Å². The molecule has 0 unspecified atom stereocenters. The number of carbonyl (C=O) groups excluding carboxylic acids is 2. The molecule has 2 rings (SSSR count). The van der Waals surface area contributed by atoms with E-state index in [0.29, 0.717) is 37.7 Å². The molecule has 2 amide bonds. The van der Waals surface area contributed by atoms with E-state index in [0.717, 1.165) is 5.56 Å². The molecule has 1 heterocycles. The fraction of sp³-hybridized carbons (Fsp3) is 0.524. The van der Waals surface area contributed by atoms with Gasteiger partial charge in [0.05, 0.1) is 7.11 Å². The van der Waals surface area contributed by atoms with E-state index in [4.69, 9.17) is 14.2 Å². The lowest BCUT2D eigenvalue weighted by atomic mass is 10.2. The van der Waals surface area contributed by atoms with E-state index in [2.05, 4.69) is 0 Å². The predicted molar refractivity (Wildman–Crippen MR) is 108 cm³/mol. The Morgan fingerprint density at radius 1 is 1.07 bits per heavy atom. The van der Waals surface area contributed by atoms with Gasteiger partial charge in [-0.3, -0.25) is 4.79 Å². The van der Waals surface area contributed by atoms with Crippen molar-refractivity contribution in [2.45, 2.75) is 33.3 Å². The minimum Gasteiger partial charge on any atom is -0.493 e. The molecule has 28 heavy (non-hydrogen) atoms. The van der Waals surface area contributed by atoms with E-state index in [1.54, 1.807) is 23.0 Å². The van der Waals surface area contributed by atoms with Gasteiger partial charge in [0, 0.05) is 26.2 Å². The number of methoxy groups -OCH3 is 1. The topological polar surface area (TPSA) is 68.3 Å². The van der Waals surface area contributed by atoms with Crippen LogP contribution in [-0.4, -0.2) is 67.3 Å². The summed E-state index contributed by atoms with van der Waals surface area (Å²) in [6.07, 6.45) is 3.55. The number of allylic oxidation sites excluding steroid dienone is 1. The molecule has 1 aromatic rings. The van der Waals surface area contributed by atoms with Crippen molar-refractivity contribution in [3.8, 4) is 11.5 Å². The Labute approximate surface area is 166 Å². The molecule has 0 aromatic heterocycles. The first kappa shape index (κ1) is 21.6. The lowest BCUT2D eigenvalue weighted by Crippen LogP contribution is -2.52. The Morgan fingerprint density at radius 2 is 1.71 bits per heavy atom. The van der Waals surface area contributed by atoms with E-state index >= 15 is 0 Å². The third-order valence-electron chi connectivity index (χ3n) is 4.18. The molecule has 0 saturated carbocycles. The van der Waals surface area contributed by atoms with Crippen LogP contribution in [0.4, 0.5) is 4.79 Å². The summed E-state index contributed by atoms with van der Waals surface area (Å²) in [6.45, 7) is 9.18. The van der Waals surface area contributed by atoms with Gasteiger partial charge in [-0.1, -0.05) is 18.2 Å². The zero-order chi connectivity index (χ0) is 20.7. The minimum absolute atomic E-state index is 0.0776. The highest BCUT2D eigenvalue weighted by atomic mass is 16.6. The van der Waals surface area contributed by atoms with E-state index < -0.39 is 5.60 Å². The number of carbonyl (C=O) groups is 2. The number of hydrogen-bond acceptors (Lipinski definition) is 5. The van der Waals surface area contributed by atoms with Crippen LogP contribution in [0.25, 0.3) is 6.08 Å². The highest BCUT2D eigenvalue weighted by molar-refractivity contribution is 5.78. The number of ether oxygens (including phenoxy) is 3. The van der Waals surface area contributed by atoms with E-state index in [1.165, 1.54) is 0 Å². The van der Waals surface area contributed by atoms with Crippen molar-refractivity contribution in [2.24, 2.45) is 0 Å². The average Bonchev–Trinajstić information content (AvgIpc) is 2.65. The standard InChI is InChI=1S/C21H30N2O5/c1-6-7-16-8-9-17(18(14-16)26-5)27-15-19(24)22-10-12-23(13-11-22)20(25)28-21(2,3)4/h6-9,14H,10-13,15H2,1-5H3/b7-6+. The summed E-state index contributed by atoms with van der Waals surface area (Å²) in [6, 6.07) is 5.56. The number of amides is 2. The van der Waals surface area contributed by atoms with Crippen LogP contribution in [0.2, 0.25) is 0 Å². The maximum atomic E-state index is 12.5. The molecule has 0 bridgehead atoms.